The fraction of sp³-hybridized carbons (Fsp3) is 0.179. The van der Waals surface area contributed by atoms with E-state index in [2.05, 4.69) is 18.2 Å². The molecule has 0 spiro atoms. The second-order valence-electron chi connectivity index (χ2n) is 8.76. The number of anilines is 1. The van der Waals surface area contributed by atoms with Crippen LogP contribution in [0.2, 0.25) is 5.02 Å². The van der Waals surface area contributed by atoms with E-state index in [1.54, 1.807) is 22.8 Å². The number of allylic oxidation sites excluding steroid dienone is 2. The van der Waals surface area contributed by atoms with E-state index in [4.69, 9.17) is 20.8 Å². The number of nitrogens with zero attached hydrogens (tertiary/aromatic N) is 2. The Morgan fingerprint density at radius 1 is 1.08 bits per heavy atom. The van der Waals surface area contributed by atoms with Crippen molar-refractivity contribution in [3.05, 3.63) is 95.2 Å². The Kier molecular flexibility index (Phi) is 6.81. The van der Waals surface area contributed by atoms with Crippen molar-refractivity contribution < 1.29 is 26.7 Å². The van der Waals surface area contributed by atoms with Gasteiger partial charge in [-0.15, -0.1) is 0 Å². The van der Waals surface area contributed by atoms with Gasteiger partial charge in [0.15, 0.2) is 12.3 Å². The van der Waals surface area contributed by atoms with Crippen LogP contribution in [0.25, 0.3) is 28.3 Å². The zero-order valence-corrected chi connectivity index (χ0v) is 22.0. The van der Waals surface area contributed by atoms with Crippen molar-refractivity contribution >= 4 is 44.6 Å². The minimum atomic E-state index is -4.16. The van der Waals surface area contributed by atoms with E-state index in [0.29, 0.717) is 34.3 Å². The van der Waals surface area contributed by atoms with E-state index in [-0.39, 0.29) is 6.54 Å². The number of hydrogen-bond acceptors (Lipinski definition) is 5. The van der Waals surface area contributed by atoms with Gasteiger partial charge in [0.2, 0.25) is 11.5 Å². The van der Waals surface area contributed by atoms with Crippen LogP contribution in [-0.4, -0.2) is 25.8 Å². The normalized spacial score (nSPS) is 14.9. The first kappa shape index (κ1) is 25.1. The molecular formula is C28H26ClN2O5S+. The molecule has 0 bridgehead atoms. The third-order valence-electron chi connectivity index (χ3n) is 6.26. The molecule has 0 saturated heterocycles. The molecule has 2 heterocycles. The van der Waals surface area contributed by atoms with Gasteiger partial charge in [-0.25, -0.2) is 0 Å². The number of halogens is 1. The van der Waals surface area contributed by atoms with Crippen molar-refractivity contribution in [2.45, 2.75) is 19.9 Å². The summed E-state index contributed by atoms with van der Waals surface area (Å²) in [6.45, 7) is 2.02. The standard InChI is InChI=1S/C28H25ClN2O5S/c1-3-19(16-28-31(13-14-37(32,33)34)24-18-22(29)10-12-26(24)36-28)15-27-30(2)23-17-21(9-11-25(23)35-27)20-7-5-4-6-8-20/h4-12,15-18H,3,13-14H2,1-2H3/p+1. The maximum Gasteiger partial charge on any atom is 0.374 e. The van der Waals surface area contributed by atoms with Crippen LogP contribution in [0.1, 0.15) is 19.2 Å². The third-order valence-corrected chi connectivity index (χ3v) is 7.20. The Morgan fingerprint density at radius 2 is 1.86 bits per heavy atom. The van der Waals surface area contributed by atoms with Gasteiger partial charge < -0.3 is 14.1 Å². The molecule has 0 saturated carbocycles. The zero-order valence-electron chi connectivity index (χ0n) is 20.4. The molecule has 0 unspecified atom stereocenters. The lowest BCUT2D eigenvalue weighted by atomic mass is 10.0. The van der Waals surface area contributed by atoms with E-state index in [0.717, 1.165) is 28.1 Å². The average Bonchev–Trinajstić information content (AvgIpc) is 3.38. The van der Waals surface area contributed by atoms with Crippen LogP contribution in [0.5, 0.6) is 5.75 Å². The molecule has 0 amide bonds. The molecule has 0 aliphatic carbocycles. The molecule has 5 rings (SSSR count). The summed E-state index contributed by atoms with van der Waals surface area (Å²) in [5.41, 5.74) is 5.30. The van der Waals surface area contributed by atoms with Crippen LogP contribution >= 0.6 is 11.6 Å². The molecule has 1 aliphatic rings. The highest BCUT2D eigenvalue weighted by atomic mass is 35.5. The molecule has 1 N–H and O–H groups in total. The summed E-state index contributed by atoms with van der Waals surface area (Å²) in [4.78, 5) is 2.00. The molecule has 37 heavy (non-hydrogen) atoms. The van der Waals surface area contributed by atoms with Crippen molar-refractivity contribution in [3.8, 4) is 16.9 Å². The number of ether oxygens (including phenoxy) is 1. The molecule has 4 aromatic rings. The molecule has 190 valence electrons. The van der Waals surface area contributed by atoms with E-state index < -0.39 is 15.9 Å². The Balaban J connectivity index is 1.50. The Labute approximate surface area is 220 Å². The zero-order chi connectivity index (χ0) is 26.2. The summed E-state index contributed by atoms with van der Waals surface area (Å²) in [6, 6.07) is 21.4. The monoisotopic (exact) mass is 537 g/mol. The SMILES string of the molecule is CCC(=Cc1oc2ccc(Cl)cc2[n+]1CCS(=O)(=O)O)C=C1Oc2ccc(-c3ccccc3)cc2N1C. The highest BCUT2D eigenvalue weighted by Gasteiger charge is 2.26. The average molecular weight is 538 g/mol. The van der Waals surface area contributed by atoms with Crippen molar-refractivity contribution in [1.82, 2.24) is 0 Å². The lowest BCUT2D eigenvalue weighted by Crippen LogP contribution is -2.38. The number of benzene rings is 3. The van der Waals surface area contributed by atoms with Crippen LogP contribution in [0.4, 0.5) is 5.69 Å². The highest BCUT2D eigenvalue weighted by Crippen LogP contribution is 2.41. The molecule has 7 nitrogen and oxygen atoms in total. The summed E-state index contributed by atoms with van der Waals surface area (Å²) >= 11 is 6.18. The largest absolute Gasteiger partial charge is 0.439 e. The second-order valence-corrected chi connectivity index (χ2v) is 10.8. The quantitative estimate of drug-likeness (QED) is 0.227. The van der Waals surface area contributed by atoms with E-state index >= 15 is 0 Å². The topological polar surface area (TPSA) is 83.9 Å². The Hall–Kier alpha value is -3.59. The number of rotatable bonds is 7. The van der Waals surface area contributed by atoms with Gasteiger partial charge in [-0.05, 0) is 47.4 Å². The molecule has 3 aromatic carbocycles. The lowest BCUT2D eigenvalue weighted by molar-refractivity contribution is -0.673. The fourth-order valence-corrected chi connectivity index (χ4v) is 4.86. The highest BCUT2D eigenvalue weighted by molar-refractivity contribution is 7.85. The van der Waals surface area contributed by atoms with E-state index in [1.807, 2.05) is 61.4 Å². The summed E-state index contributed by atoms with van der Waals surface area (Å²) < 4.78 is 46.1. The summed E-state index contributed by atoms with van der Waals surface area (Å²) in [5, 5.41) is 0.496. The number of fused-ring (bicyclic) bond motifs is 2. The fourth-order valence-electron chi connectivity index (χ4n) is 4.28. The van der Waals surface area contributed by atoms with E-state index in [9.17, 15) is 13.0 Å². The first-order valence-electron chi connectivity index (χ1n) is 11.8. The van der Waals surface area contributed by atoms with Crippen molar-refractivity contribution in [3.63, 3.8) is 0 Å². The lowest BCUT2D eigenvalue weighted by Gasteiger charge is -2.12. The second kappa shape index (κ2) is 10.0. The van der Waals surface area contributed by atoms with Crippen LogP contribution in [0.3, 0.4) is 0 Å². The Bertz CT molecular complexity index is 1640. The number of aryl methyl sites for hydroxylation is 1. The molecule has 1 aromatic heterocycles. The maximum atomic E-state index is 11.4. The van der Waals surface area contributed by atoms with Crippen molar-refractivity contribution in [2.75, 3.05) is 17.7 Å². The Morgan fingerprint density at radius 3 is 2.59 bits per heavy atom. The predicted molar refractivity (Wildman–Crippen MR) is 145 cm³/mol. The number of oxazole rings is 1. The summed E-state index contributed by atoms with van der Waals surface area (Å²) in [5.74, 6) is 1.43. The van der Waals surface area contributed by atoms with Crippen LogP contribution in [0.15, 0.2) is 88.7 Å². The smallest absolute Gasteiger partial charge is 0.374 e. The first-order valence-corrected chi connectivity index (χ1v) is 13.8. The number of aromatic nitrogens is 1. The van der Waals surface area contributed by atoms with Crippen LogP contribution < -0.4 is 14.2 Å². The first-order chi connectivity index (χ1) is 17.7. The molecule has 0 fully saturated rings. The van der Waals surface area contributed by atoms with Gasteiger partial charge in [0.25, 0.3) is 15.6 Å². The molecule has 9 heteroatoms. The molecule has 0 atom stereocenters. The van der Waals surface area contributed by atoms with Gasteiger partial charge in [0.05, 0.1) is 11.8 Å². The van der Waals surface area contributed by atoms with Gasteiger partial charge in [-0.1, -0.05) is 54.9 Å². The summed E-state index contributed by atoms with van der Waals surface area (Å²) in [7, 11) is -2.21. The predicted octanol–water partition coefficient (Wildman–Crippen LogP) is 6.09. The van der Waals surface area contributed by atoms with Crippen LogP contribution in [-0.2, 0) is 16.7 Å². The van der Waals surface area contributed by atoms with Gasteiger partial charge >= 0.3 is 5.89 Å². The molecule has 1 aliphatic heterocycles. The maximum absolute atomic E-state index is 11.4. The molecular weight excluding hydrogens is 512 g/mol. The van der Waals surface area contributed by atoms with Crippen molar-refractivity contribution in [2.24, 2.45) is 0 Å². The minimum Gasteiger partial charge on any atom is -0.439 e. The van der Waals surface area contributed by atoms with Crippen molar-refractivity contribution in [1.29, 1.82) is 0 Å². The number of hydrogen-bond donors (Lipinski definition) is 1. The van der Waals surface area contributed by atoms with Gasteiger partial charge in [-0.2, -0.15) is 13.0 Å². The van der Waals surface area contributed by atoms with E-state index in [1.165, 1.54) is 0 Å². The van der Waals surface area contributed by atoms with Gasteiger partial charge in [0, 0.05) is 24.2 Å². The van der Waals surface area contributed by atoms with Gasteiger partial charge in [0.1, 0.15) is 5.75 Å². The minimum absolute atomic E-state index is 0.00960. The van der Waals surface area contributed by atoms with Gasteiger partial charge in [-0.3, -0.25) is 4.55 Å². The third kappa shape index (κ3) is 5.41. The van der Waals surface area contributed by atoms with Crippen LogP contribution in [0, 0.1) is 0 Å². The summed E-state index contributed by atoms with van der Waals surface area (Å²) in [6.07, 6.45) is 4.46. The molecule has 0 radical (unpaired) electrons.